The Balaban J connectivity index is 2.36. The van der Waals surface area contributed by atoms with Gasteiger partial charge in [-0.05, 0) is 32.2 Å². The molecule has 0 aromatic carbocycles. The van der Waals surface area contributed by atoms with Crippen LogP contribution in [-0.2, 0) is 14.3 Å². The zero-order chi connectivity index (χ0) is 14.1. The molecule has 0 amide bonds. The Bertz CT molecular complexity index is 272. The molecule has 1 atom stereocenters. The van der Waals surface area contributed by atoms with Gasteiger partial charge in [0.2, 0.25) is 0 Å². The molecule has 5 nitrogen and oxygen atoms in total. The second-order valence-corrected chi connectivity index (χ2v) is 5.14. The fourth-order valence-corrected chi connectivity index (χ4v) is 2.91. The smallest absolute Gasteiger partial charge is 0.324 e. The summed E-state index contributed by atoms with van der Waals surface area (Å²) < 4.78 is 10.3. The van der Waals surface area contributed by atoms with Crippen molar-refractivity contribution in [2.24, 2.45) is 0 Å². The fourth-order valence-electron chi connectivity index (χ4n) is 2.91. The third-order valence-electron chi connectivity index (χ3n) is 3.83. The van der Waals surface area contributed by atoms with Crippen molar-refractivity contribution in [1.29, 1.82) is 0 Å². The lowest BCUT2D eigenvalue weighted by atomic mass is 9.90. The summed E-state index contributed by atoms with van der Waals surface area (Å²) in [7, 11) is 1.65. The molecule has 1 aliphatic heterocycles. The lowest BCUT2D eigenvalue weighted by molar-refractivity contribution is -0.150. The zero-order valence-electron chi connectivity index (χ0n) is 12.2. The summed E-state index contributed by atoms with van der Waals surface area (Å²) in [5, 5.41) is 9.55. The number of methoxy groups -OCH3 is 1. The van der Waals surface area contributed by atoms with Gasteiger partial charge in [0.1, 0.15) is 5.54 Å². The molecule has 112 valence electrons. The van der Waals surface area contributed by atoms with Crippen molar-refractivity contribution in [3.05, 3.63) is 0 Å². The Morgan fingerprint density at radius 1 is 1.37 bits per heavy atom. The summed E-state index contributed by atoms with van der Waals surface area (Å²) in [6.07, 6.45) is 4.29. The predicted octanol–water partition coefficient (Wildman–Crippen LogP) is 1.76. The molecular weight excluding hydrogens is 246 g/mol. The monoisotopic (exact) mass is 273 g/mol. The van der Waals surface area contributed by atoms with Crippen LogP contribution in [-0.4, -0.2) is 61.5 Å². The number of carbonyl (C=O) groups is 1. The Labute approximate surface area is 115 Å². The molecule has 0 radical (unpaired) electrons. The fraction of sp³-hybridized carbons (Fsp3) is 0.929. The number of likely N-dealkylation sites (tertiary alicyclic amines) is 1. The van der Waals surface area contributed by atoms with Gasteiger partial charge in [-0.2, -0.15) is 0 Å². The van der Waals surface area contributed by atoms with Crippen molar-refractivity contribution in [2.45, 2.75) is 44.6 Å². The quantitative estimate of drug-likeness (QED) is 0.615. The molecular formula is C14H27NO4. The molecule has 5 heteroatoms. The van der Waals surface area contributed by atoms with Gasteiger partial charge in [-0.15, -0.1) is 0 Å². The summed E-state index contributed by atoms with van der Waals surface area (Å²) in [5.74, 6) is -0.660. The number of hydrogen-bond donors (Lipinski definition) is 1. The van der Waals surface area contributed by atoms with Crippen LogP contribution in [0.5, 0.6) is 0 Å². The van der Waals surface area contributed by atoms with E-state index in [9.17, 15) is 9.90 Å². The molecule has 1 unspecified atom stereocenters. The van der Waals surface area contributed by atoms with Crippen molar-refractivity contribution < 1.29 is 19.4 Å². The van der Waals surface area contributed by atoms with E-state index in [0.717, 1.165) is 45.2 Å². The van der Waals surface area contributed by atoms with Crippen LogP contribution in [0.15, 0.2) is 0 Å². The molecule has 1 N–H and O–H groups in total. The van der Waals surface area contributed by atoms with Gasteiger partial charge in [0.15, 0.2) is 0 Å². The van der Waals surface area contributed by atoms with Gasteiger partial charge in [-0.1, -0.05) is 13.3 Å². The maximum atomic E-state index is 11.6. The Kier molecular flexibility index (Phi) is 7.34. The second kappa shape index (κ2) is 8.51. The minimum Gasteiger partial charge on any atom is -0.480 e. The van der Waals surface area contributed by atoms with E-state index in [2.05, 4.69) is 11.8 Å². The van der Waals surface area contributed by atoms with Gasteiger partial charge in [-0.25, -0.2) is 0 Å². The molecule has 0 aromatic heterocycles. The number of carboxylic acids is 1. The summed E-state index contributed by atoms with van der Waals surface area (Å²) in [6.45, 7) is 5.63. The predicted molar refractivity (Wildman–Crippen MR) is 73.4 cm³/mol. The summed E-state index contributed by atoms with van der Waals surface area (Å²) >= 11 is 0. The van der Waals surface area contributed by atoms with Crippen molar-refractivity contribution in [3.63, 3.8) is 0 Å². The molecule has 0 saturated carbocycles. The number of hydrogen-bond acceptors (Lipinski definition) is 4. The van der Waals surface area contributed by atoms with Gasteiger partial charge in [0, 0.05) is 20.3 Å². The zero-order valence-corrected chi connectivity index (χ0v) is 12.2. The maximum absolute atomic E-state index is 11.6. The van der Waals surface area contributed by atoms with E-state index >= 15 is 0 Å². The normalized spacial score (nSPS) is 23.9. The van der Waals surface area contributed by atoms with E-state index in [1.165, 1.54) is 0 Å². The SMILES string of the molecule is CCCC1(C(=O)O)CCCN1CCCOCCOC. The molecule has 1 rings (SSSR count). The molecule has 19 heavy (non-hydrogen) atoms. The van der Waals surface area contributed by atoms with E-state index in [1.807, 2.05) is 0 Å². The first-order valence-corrected chi connectivity index (χ1v) is 7.22. The topological polar surface area (TPSA) is 59.0 Å². The largest absolute Gasteiger partial charge is 0.480 e. The standard InChI is InChI=1S/C14H27NO4/c1-3-6-14(13(16)17)7-4-8-15(14)9-5-10-19-12-11-18-2/h3-12H2,1-2H3,(H,16,17). The van der Waals surface area contributed by atoms with E-state index < -0.39 is 11.5 Å². The maximum Gasteiger partial charge on any atom is 0.324 e. The third-order valence-corrected chi connectivity index (χ3v) is 3.83. The molecule has 1 heterocycles. The number of rotatable bonds is 10. The number of nitrogens with zero attached hydrogens (tertiary/aromatic N) is 1. The molecule has 0 aromatic rings. The lowest BCUT2D eigenvalue weighted by Crippen LogP contribution is -2.50. The highest BCUT2D eigenvalue weighted by Gasteiger charge is 2.46. The molecule has 0 aliphatic carbocycles. The number of aliphatic carboxylic acids is 1. The molecule has 0 bridgehead atoms. The van der Waals surface area contributed by atoms with Crippen LogP contribution in [0.25, 0.3) is 0 Å². The van der Waals surface area contributed by atoms with Crippen LogP contribution in [0, 0.1) is 0 Å². The Morgan fingerprint density at radius 3 is 2.79 bits per heavy atom. The van der Waals surface area contributed by atoms with Crippen LogP contribution in [0.1, 0.15) is 39.0 Å². The Morgan fingerprint density at radius 2 is 2.16 bits per heavy atom. The summed E-state index contributed by atoms with van der Waals surface area (Å²) in [4.78, 5) is 13.7. The summed E-state index contributed by atoms with van der Waals surface area (Å²) in [6, 6.07) is 0. The van der Waals surface area contributed by atoms with E-state index in [4.69, 9.17) is 9.47 Å². The van der Waals surface area contributed by atoms with Crippen molar-refractivity contribution in [1.82, 2.24) is 4.90 Å². The van der Waals surface area contributed by atoms with E-state index in [-0.39, 0.29) is 0 Å². The van der Waals surface area contributed by atoms with Gasteiger partial charge >= 0.3 is 5.97 Å². The van der Waals surface area contributed by atoms with E-state index in [0.29, 0.717) is 19.8 Å². The summed E-state index contributed by atoms with van der Waals surface area (Å²) in [5.41, 5.74) is -0.624. The van der Waals surface area contributed by atoms with Crippen molar-refractivity contribution in [3.8, 4) is 0 Å². The second-order valence-electron chi connectivity index (χ2n) is 5.14. The van der Waals surface area contributed by atoms with Crippen LogP contribution in [0.4, 0.5) is 0 Å². The molecule has 1 fully saturated rings. The number of ether oxygens (including phenoxy) is 2. The van der Waals surface area contributed by atoms with Crippen LogP contribution in [0.2, 0.25) is 0 Å². The minimum atomic E-state index is -0.660. The third kappa shape index (κ3) is 4.44. The van der Waals surface area contributed by atoms with Gasteiger partial charge in [0.05, 0.1) is 13.2 Å². The van der Waals surface area contributed by atoms with Crippen molar-refractivity contribution in [2.75, 3.05) is 40.0 Å². The van der Waals surface area contributed by atoms with Gasteiger partial charge in [0.25, 0.3) is 0 Å². The minimum absolute atomic E-state index is 0.607. The van der Waals surface area contributed by atoms with Crippen molar-refractivity contribution >= 4 is 5.97 Å². The van der Waals surface area contributed by atoms with Gasteiger partial charge in [-0.3, -0.25) is 9.69 Å². The molecule has 0 spiro atoms. The average molecular weight is 273 g/mol. The van der Waals surface area contributed by atoms with Gasteiger partial charge < -0.3 is 14.6 Å². The Hall–Kier alpha value is -0.650. The molecule has 1 saturated heterocycles. The lowest BCUT2D eigenvalue weighted by Gasteiger charge is -2.34. The first-order chi connectivity index (χ1) is 9.17. The van der Waals surface area contributed by atoms with Crippen LogP contribution < -0.4 is 0 Å². The highest BCUT2D eigenvalue weighted by atomic mass is 16.5. The first-order valence-electron chi connectivity index (χ1n) is 7.22. The van der Waals surface area contributed by atoms with E-state index in [1.54, 1.807) is 7.11 Å². The van der Waals surface area contributed by atoms with Crippen LogP contribution in [0.3, 0.4) is 0 Å². The average Bonchev–Trinajstić information content (AvgIpc) is 2.78. The first kappa shape index (κ1) is 16.4. The molecule has 1 aliphatic rings. The highest BCUT2D eigenvalue weighted by molar-refractivity contribution is 5.79. The number of carboxylic acid groups (broad SMARTS) is 1. The van der Waals surface area contributed by atoms with Crippen LogP contribution >= 0.6 is 0 Å². The highest BCUT2D eigenvalue weighted by Crippen LogP contribution is 2.33.